The lowest BCUT2D eigenvalue weighted by atomic mass is 10.0. The third-order valence-corrected chi connectivity index (χ3v) is 5.58. The molecule has 0 fully saturated rings. The lowest BCUT2D eigenvalue weighted by Gasteiger charge is -2.14. The highest BCUT2D eigenvalue weighted by Crippen LogP contribution is 2.37. The average Bonchev–Trinajstić information content (AvgIpc) is 3.25. The number of carbonyl (C=O) groups excluding carboxylic acids is 1. The van der Waals surface area contributed by atoms with Crippen LogP contribution >= 0.6 is 11.6 Å². The molecule has 1 amide bonds. The third-order valence-electron chi connectivity index (χ3n) is 4.85. The Labute approximate surface area is 210 Å². The summed E-state index contributed by atoms with van der Waals surface area (Å²) in [6.07, 6.45) is 4.21. The zero-order valence-electron chi connectivity index (χ0n) is 19.9. The second-order valence-electron chi connectivity index (χ2n) is 8.02. The number of benzene rings is 1. The second kappa shape index (κ2) is 11.5. The average molecular weight is 524 g/mol. The van der Waals surface area contributed by atoms with Crippen molar-refractivity contribution in [2.75, 3.05) is 29.9 Å². The van der Waals surface area contributed by atoms with Gasteiger partial charge < -0.3 is 20.1 Å². The molecule has 3 rings (SSSR count). The van der Waals surface area contributed by atoms with Gasteiger partial charge in [0.05, 0.1) is 18.5 Å². The second-order valence-corrected chi connectivity index (χ2v) is 9.57. The molecule has 0 saturated heterocycles. The van der Waals surface area contributed by atoms with E-state index in [-0.39, 0.29) is 28.4 Å². The summed E-state index contributed by atoms with van der Waals surface area (Å²) < 4.78 is 35.9. The molecule has 0 radical (unpaired) electrons. The number of carbonyl (C=O) groups is 1. The SMILES string of the molecule is COC(=O)N[C@H](C)CNc1nccc(-c2cn(C(C)C)nc2-c2cc(Cl)cc(NS(C)=O)c2F)n1. The first-order valence-electron chi connectivity index (χ1n) is 10.7. The molecule has 0 saturated carbocycles. The molecule has 1 aromatic carbocycles. The summed E-state index contributed by atoms with van der Waals surface area (Å²) in [5, 5.41) is 10.6. The fourth-order valence-electron chi connectivity index (χ4n) is 3.18. The van der Waals surface area contributed by atoms with Gasteiger partial charge in [-0.25, -0.2) is 23.4 Å². The number of methoxy groups -OCH3 is 1. The predicted octanol–water partition coefficient (Wildman–Crippen LogP) is 4.24. The number of alkyl carbamates (subject to hydrolysis) is 1. The zero-order chi connectivity index (χ0) is 25.7. The number of hydrogen-bond donors (Lipinski definition) is 3. The summed E-state index contributed by atoms with van der Waals surface area (Å²) >= 11 is 6.25. The summed E-state index contributed by atoms with van der Waals surface area (Å²) in [4.78, 5) is 20.2. The first-order valence-corrected chi connectivity index (χ1v) is 12.6. The van der Waals surface area contributed by atoms with Crippen LogP contribution < -0.4 is 15.4 Å². The number of hydrogen-bond acceptors (Lipinski definition) is 7. The minimum Gasteiger partial charge on any atom is -0.453 e. The number of nitrogens with zero attached hydrogens (tertiary/aromatic N) is 4. The molecule has 1 unspecified atom stereocenters. The van der Waals surface area contributed by atoms with E-state index in [1.807, 2.05) is 13.8 Å². The molecular weight excluding hydrogens is 497 g/mol. The van der Waals surface area contributed by atoms with E-state index in [4.69, 9.17) is 11.6 Å². The Kier molecular flexibility index (Phi) is 8.62. The van der Waals surface area contributed by atoms with Gasteiger partial charge in [-0.05, 0) is 39.0 Å². The van der Waals surface area contributed by atoms with Crippen molar-refractivity contribution in [2.45, 2.75) is 32.9 Å². The number of ether oxygens (including phenoxy) is 1. The van der Waals surface area contributed by atoms with Crippen molar-refractivity contribution in [2.24, 2.45) is 0 Å². The fourth-order valence-corrected chi connectivity index (χ4v) is 3.86. The Morgan fingerprint density at radius 3 is 2.69 bits per heavy atom. The number of halogens is 2. The van der Waals surface area contributed by atoms with Crippen LogP contribution in [0.25, 0.3) is 22.5 Å². The highest BCUT2D eigenvalue weighted by atomic mass is 35.5. The molecule has 13 heteroatoms. The van der Waals surface area contributed by atoms with Crippen molar-refractivity contribution in [3.63, 3.8) is 0 Å². The Hall–Kier alpha value is -3.25. The molecule has 0 bridgehead atoms. The van der Waals surface area contributed by atoms with E-state index in [2.05, 4.69) is 35.2 Å². The molecule has 0 aliphatic rings. The van der Waals surface area contributed by atoms with Crippen molar-refractivity contribution in [1.29, 1.82) is 0 Å². The summed E-state index contributed by atoms with van der Waals surface area (Å²) in [6.45, 7) is 6.05. The Bertz CT molecular complexity index is 1240. The van der Waals surface area contributed by atoms with E-state index in [9.17, 15) is 9.00 Å². The van der Waals surface area contributed by atoms with Crippen molar-refractivity contribution >= 4 is 40.3 Å². The Morgan fingerprint density at radius 2 is 2.03 bits per heavy atom. The van der Waals surface area contributed by atoms with Crippen LogP contribution in [0.3, 0.4) is 0 Å². The quantitative estimate of drug-likeness (QED) is 0.383. The number of rotatable bonds is 9. The van der Waals surface area contributed by atoms with Gasteiger partial charge in [-0.3, -0.25) is 4.68 Å². The highest BCUT2D eigenvalue weighted by molar-refractivity contribution is 7.85. The lowest BCUT2D eigenvalue weighted by Crippen LogP contribution is -2.37. The maximum atomic E-state index is 15.4. The van der Waals surface area contributed by atoms with Gasteiger partial charge in [-0.2, -0.15) is 5.10 Å². The van der Waals surface area contributed by atoms with E-state index in [1.54, 1.807) is 30.1 Å². The molecule has 2 aromatic heterocycles. The molecule has 0 aliphatic carbocycles. The Balaban J connectivity index is 2.01. The van der Waals surface area contributed by atoms with E-state index < -0.39 is 22.9 Å². The van der Waals surface area contributed by atoms with Crippen molar-refractivity contribution < 1.29 is 18.1 Å². The minimum atomic E-state index is -1.49. The van der Waals surface area contributed by atoms with E-state index in [0.717, 1.165) is 0 Å². The van der Waals surface area contributed by atoms with Crippen LogP contribution in [-0.4, -0.2) is 56.0 Å². The molecule has 0 aliphatic heterocycles. The van der Waals surface area contributed by atoms with Crippen LogP contribution in [0, 0.1) is 5.82 Å². The molecule has 10 nitrogen and oxygen atoms in total. The predicted molar refractivity (Wildman–Crippen MR) is 135 cm³/mol. The number of amides is 1. The topological polar surface area (TPSA) is 123 Å². The monoisotopic (exact) mass is 523 g/mol. The van der Waals surface area contributed by atoms with Crippen LogP contribution in [0.15, 0.2) is 30.6 Å². The molecule has 3 aromatic rings. The summed E-state index contributed by atoms with van der Waals surface area (Å²) in [5.41, 5.74) is 1.55. The van der Waals surface area contributed by atoms with Crippen LogP contribution in [-0.2, 0) is 15.7 Å². The molecular formula is C22H27ClFN7O3S. The minimum absolute atomic E-state index is 0.00448. The van der Waals surface area contributed by atoms with Gasteiger partial charge in [0, 0.05) is 53.4 Å². The molecule has 2 heterocycles. The van der Waals surface area contributed by atoms with Gasteiger partial charge in [0.1, 0.15) is 16.7 Å². The molecule has 188 valence electrons. The maximum absolute atomic E-state index is 15.4. The molecule has 0 spiro atoms. The lowest BCUT2D eigenvalue weighted by molar-refractivity contribution is 0.168. The summed E-state index contributed by atoms with van der Waals surface area (Å²) in [5.74, 6) is -0.311. The van der Waals surface area contributed by atoms with Crippen LogP contribution in [0.5, 0.6) is 0 Å². The smallest absolute Gasteiger partial charge is 0.407 e. The first kappa shape index (κ1) is 26.4. The van der Waals surface area contributed by atoms with Gasteiger partial charge in [0.15, 0.2) is 5.82 Å². The third kappa shape index (κ3) is 6.67. The van der Waals surface area contributed by atoms with Gasteiger partial charge >= 0.3 is 6.09 Å². The van der Waals surface area contributed by atoms with Crippen molar-refractivity contribution in [3.05, 3.63) is 41.4 Å². The number of aromatic nitrogens is 4. The fraction of sp³-hybridized carbons (Fsp3) is 0.364. The Morgan fingerprint density at radius 1 is 1.29 bits per heavy atom. The van der Waals surface area contributed by atoms with Crippen LogP contribution in [0.1, 0.15) is 26.8 Å². The van der Waals surface area contributed by atoms with Crippen LogP contribution in [0.2, 0.25) is 5.02 Å². The van der Waals surface area contributed by atoms with E-state index in [1.165, 1.54) is 25.5 Å². The summed E-state index contributed by atoms with van der Waals surface area (Å²) in [6, 6.07) is 4.28. The maximum Gasteiger partial charge on any atom is 0.407 e. The summed E-state index contributed by atoms with van der Waals surface area (Å²) in [7, 11) is -0.202. The molecule has 35 heavy (non-hydrogen) atoms. The van der Waals surface area contributed by atoms with Crippen molar-refractivity contribution in [3.8, 4) is 22.5 Å². The standard InChI is InChI=1S/C22H27ClFN7O3S/c1-12(2)31-11-16(17-6-7-25-21(28-17)26-10-13(3)27-22(32)34-4)20(29-31)15-8-14(23)9-18(19(15)24)30-35(5)33/h6-9,11-13,30H,10H2,1-5H3,(H,27,32)(H,25,26,28)/t13-,35?/m1/s1. The highest BCUT2D eigenvalue weighted by Gasteiger charge is 2.22. The van der Waals surface area contributed by atoms with Gasteiger partial charge in [0.2, 0.25) is 5.95 Å². The molecule has 2 atom stereocenters. The molecule has 3 N–H and O–H groups in total. The normalized spacial score (nSPS) is 12.8. The zero-order valence-corrected chi connectivity index (χ0v) is 21.5. The number of anilines is 2. The number of nitrogens with one attached hydrogen (secondary N) is 3. The van der Waals surface area contributed by atoms with Gasteiger partial charge in [-0.1, -0.05) is 11.6 Å². The van der Waals surface area contributed by atoms with Crippen molar-refractivity contribution in [1.82, 2.24) is 25.1 Å². The van der Waals surface area contributed by atoms with Crippen LogP contribution in [0.4, 0.5) is 20.8 Å². The largest absolute Gasteiger partial charge is 0.453 e. The first-order chi connectivity index (χ1) is 16.6. The van der Waals surface area contributed by atoms with Gasteiger partial charge in [-0.15, -0.1) is 0 Å². The van der Waals surface area contributed by atoms with Gasteiger partial charge in [0.25, 0.3) is 0 Å². The van der Waals surface area contributed by atoms with E-state index in [0.29, 0.717) is 29.4 Å². The van der Waals surface area contributed by atoms with E-state index >= 15 is 4.39 Å².